The van der Waals surface area contributed by atoms with Gasteiger partial charge < -0.3 is 10.0 Å². The molecule has 108 valence electrons. The van der Waals surface area contributed by atoms with Crippen LogP contribution in [0.5, 0.6) is 0 Å². The lowest BCUT2D eigenvalue weighted by Crippen LogP contribution is -2.73. The molecule has 1 aliphatic rings. The van der Waals surface area contributed by atoms with E-state index in [0.29, 0.717) is 12.4 Å². The molecule has 2 N–H and O–H groups in total. The molecule has 0 radical (unpaired) electrons. The van der Waals surface area contributed by atoms with Gasteiger partial charge in [-0.05, 0) is 14.0 Å². The molecule has 0 aliphatic carbocycles. The molecule has 1 unspecified atom stereocenters. The molecule has 2 heterocycles. The van der Waals surface area contributed by atoms with E-state index in [1.807, 2.05) is 4.90 Å². The summed E-state index contributed by atoms with van der Waals surface area (Å²) < 4.78 is 0. The number of nitrogens with one attached hydrogen (secondary N) is 1. The third kappa shape index (κ3) is 2.29. The molecule has 1 aliphatic heterocycles. The number of nitrogens with zero attached hydrogens (tertiary/aromatic N) is 4. The summed E-state index contributed by atoms with van der Waals surface area (Å²) in [5, 5.41) is 12.2. The summed E-state index contributed by atoms with van der Waals surface area (Å²) in [5.74, 6) is 0.370. The maximum absolute atomic E-state index is 12.0. The van der Waals surface area contributed by atoms with E-state index in [-0.39, 0.29) is 18.9 Å². The van der Waals surface area contributed by atoms with Gasteiger partial charge in [-0.3, -0.25) is 20.0 Å². The molecule has 1 atom stereocenters. The molecule has 2 rings (SSSR count). The zero-order valence-electron chi connectivity index (χ0n) is 11.4. The number of carboxylic acid groups (broad SMARTS) is 1. The number of anilines is 1. The molecule has 20 heavy (non-hydrogen) atoms. The highest BCUT2D eigenvalue weighted by Gasteiger charge is 2.47. The van der Waals surface area contributed by atoms with Gasteiger partial charge in [-0.25, -0.2) is 9.78 Å². The number of Topliss-reactive ketones (excluding diaryl/α,β-unsaturated/α-hetero) is 1. The quantitative estimate of drug-likeness (QED) is 0.789. The van der Waals surface area contributed by atoms with Gasteiger partial charge in [0.25, 0.3) is 0 Å². The fourth-order valence-corrected chi connectivity index (χ4v) is 2.45. The largest absolute Gasteiger partial charge is 0.465 e. The lowest BCUT2D eigenvalue weighted by Gasteiger charge is -2.47. The average molecular weight is 279 g/mol. The van der Waals surface area contributed by atoms with E-state index in [4.69, 9.17) is 0 Å². The van der Waals surface area contributed by atoms with Gasteiger partial charge in [-0.15, -0.1) is 0 Å². The number of rotatable bonds is 3. The van der Waals surface area contributed by atoms with Crippen LogP contribution in [-0.2, 0) is 4.79 Å². The van der Waals surface area contributed by atoms with Crippen LogP contribution in [-0.4, -0.2) is 64.2 Å². The number of hydrogen-bond acceptors (Lipinski definition) is 6. The fraction of sp³-hybridized carbons (Fsp3) is 0.500. The first-order chi connectivity index (χ1) is 9.51. The maximum Gasteiger partial charge on any atom is 0.409 e. The zero-order chi connectivity index (χ0) is 14.8. The highest BCUT2D eigenvalue weighted by molar-refractivity contribution is 5.90. The number of likely N-dealkylation sites (N-methyl/N-ethyl adjacent to an activating group) is 1. The van der Waals surface area contributed by atoms with Crippen molar-refractivity contribution in [2.45, 2.75) is 12.6 Å². The van der Waals surface area contributed by atoms with Crippen LogP contribution < -0.4 is 10.2 Å². The van der Waals surface area contributed by atoms with Crippen molar-refractivity contribution >= 4 is 17.7 Å². The number of amides is 1. The van der Waals surface area contributed by atoms with Gasteiger partial charge in [0.1, 0.15) is 5.82 Å². The van der Waals surface area contributed by atoms with Crippen molar-refractivity contribution in [3.63, 3.8) is 0 Å². The van der Waals surface area contributed by atoms with Crippen LogP contribution in [0.2, 0.25) is 0 Å². The van der Waals surface area contributed by atoms with Gasteiger partial charge in [0.05, 0.1) is 12.7 Å². The van der Waals surface area contributed by atoms with Gasteiger partial charge in [-0.1, -0.05) is 0 Å². The molecular formula is C12H17N5O3. The van der Waals surface area contributed by atoms with Gasteiger partial charge >= 0.3 is 6.09 Å². The Labute approximate surface area is 116 Å². The van der Waals surface area contributed by atoms with Gasteiger partial charge in [0.15, 0.2) is 11.4 Å². The molecule has 1 aromatic heterocycles. The molecule has 0 bridgehead atoms. The molecule has 0 spiro atoms. The summed E-state index contributed by atoms with van der Waals surface area (Å²) in [4.78, 5) is 34.6. The molecule has 1 amide bonds. The SMILES string of the molecule is CNC1(C(C)=O)CN(c2cnccn2)CCN1C(=O)O. The Balaban J connectivity index is 2.33. The van der Waals surface area contributed by atoms with Crippen LogP contribution in [0.1, 0.15) is 6.92 Å². The lowest BCUT2D eigenvalue weighted by molar-refractivity contribution is -0.130. The molecule has 1 aromatic rings. The Bertz CT molecular complexity index is 509. The topological polar surface area (TPSA) is 98.7 Å². The van der Waals surface area contributed by atoms with E-state index in [0.717, 1.165) is 4.90 Å². The van der Waals surface area contributed by atoms with Crippen molar-refractivity contribution in [1.29, 1.82) is 0 Å². The Morgan fingerprint density at radius 1 is 1.40 bits per heavy atom. The van der Waals surface area contributed by atoms with Crippen LogP contribution >= 0.6 is 0 Å². The maximum atomic E-state index is 12.0. The minimum Gasteiger partial charge on any atom is -0.465 e. The normalized spacial score (nSPS) is 22.7. The number of hydrogen-bond donors (Lipinski definition) is 2. The summed E-state index contributed by atoms with van der Waals surface area (Å²) in [6.45, 7) is 2.25. The second-order valence-electron chi connectivity index (χ2n) is 4.59. The van der Waals surface area contributed by atoms with Gasteiger partial charge in [-0.2, -0.15) is 0 Å². The van der Waals surface area contributed by atoms with Crippen LogP contribution in [0.15, 0.2) is 18.6 Å². The smallest absolute Gasteiger partial charge is 0.409 e. The highest BCUT2D eigenvalue weighted by atomic mass is 16.4. The lowest BCUT2D eigenvalue weighted by atomic mass is 10.00. The minimum absolute atomic E-state index is 0.198. The first kappa shape index (κ1) is 14.2. The predicted molar refractivity (Wildman–Crippen MR) is 71.4 cm³/mol. The molecule has 8 heteroatoms. The summed E-state index contributed by atoms with van der Waals surface area (Å²) in [7, 11) is 1.58. The second kappa shape index (κ2) is 5.41. The first-order valence-corrected chi connectivity index (χ1v) is 6.23. The first-order valence-electron chi connectivity index (χ1n) is 6.23. The van der Waals surface area contributed by atoms with E-state index in [2.05, 4.69) is 15.3 Å². The number of piperazine rings is 1. The minimum atomic E-state index is -1.26. The van der Waals surface area contributed by atoms with Crippen LogP contribution in [0.3, 0.4) is 0 Å². The monoisotopic (exact) mass is 279 g/mol. The Morgan fingerprint density at radius 3 is 2.65 bits per heavy atom. The van der Waals surface area contributed by atoms with Crippen LogP contribution in [0.25, 0.3) is 0 Å². The van der Waals surface area contributed by atoms with E-state index >= 15 is 0 Å². The van der Waals surface area contributed by atoms with Crippen molar-refractivity contribution in [3.05, 3.63) is 18.6 Å². The third-order valence-corrected chi connectivity index (χ3v) is 3.57. The van der Waals surface area contributed by atoms with Gasteiger partial charge in [0.2, 0.25) is 0 Å². The Morgan fingerprint density at radius 2 is 2.15 bits per heavy atom. The van der Waals surface area contributed by atoms with E-state index < -0.39 is 11.8 Å². The zero-order valence-corrected chi connectivity index (χ0v) is 11.4. The van der Waals surface area contributed by atoms with Crippen molar-refractivity contribution < 1.29 is 14.7 Å². The van der Waals surface area contributed by atoms with Gasteiger partial charge in [0, 0.05) is 25.5 Å². The molecule has 0 aromatic carbocycles. The summed E-state index contributed by atoms with van der Waals surface area (Å²) in [6, 6.07) is 0. The highest BCUT2D eigenvalue weighted by Crippen LogP contribution is 2.23. The number of carbonyl (C=O) groups excluding carboxylic acids is 1. The Hall–Kier alpha value is -2.22. The van der Waals surface area contributed by atoms with Crippen LogP contribution in [0, 0.1) is 0 Å². The van der Waals surface area contributed by atoms with Crippen molar-refractivity contribution in [2.24, 2.45) is 0 Å². The number of ketones is 1. The van der Waals surface area contributed by atoms with Crippen molar-refractivity contribution in [3.8, 4) is 0 Å². The summed E-state index contributed by atoms with van der Waals surface area (Å²) in [5.41, 5.74) is -1.26. The molecular weight excluding hydrogens is 262 g/mol. The van der Waals surface area contributed by atoms with E-state index in [1.54, 1.807) is 25.6 Å². The average Bonchev–Trinajstić information content (AvgIpc) is 2.47. The number of carbonyl (C=O) groups is 2. The second-order valence-corrected chi connectivity index (χ2v) is 4.59. The van der Waals surface area contributed by atoms with E-state index in [1.165, 1.54) is 6.92 Å². The fourth-order valence-electron chi connectivity index (χ4n) is 2.45. The molecule has 1 fully saturated rings. The molecule has 0 saturated carbocycles. The number of aromatic nitrogens is 2. The molecule has 1 saturated heterocycles. The standard InChI is InChI=1S/C12H17N5O3/c1-9(18)12(13-2)8-16(5-6-17(12)11(19)20)10-7-14-3-4-15-10/h3-4,7,13H,5-6,8H2,1-2H3,(H,19,20). The summed E-state index contributed by atoms with van der Waals surface area (Å²) in [6.07, 6.45) is 3.60. The van der Waals surface area contributed by atoms with Crippen LogP contribution in [0.4, 0.5) is 10.6 Å². The van der Waals surface area contributed by atoms with Crippen molar-refractivity contribution in [1.82, 2.24) is 20.2 Å². The predicted octanol–water partition coefficient (Wildman–Crippen LogP) is -0.219. The van der Waals surface area contributed by atoms with Crippen molar-refractivity contribution in [2.75, 3.05) is 31.6 Å². The molecule has 8 nitrogen and oxygen atoms in total. The third-order valence-electron chi connectivity index (χ3n) is 3.57. The summed E-state index contributed by atoms with van der Waals surface area (Å²) >= 11 is 0. The Kier molecular flexibility index (Phi) is 3.84. The van der Waals surface area contributed by atoms with E-state index in [9.17, 15) is 14.7 Å².